The van der Waals surface area contributed by atoms with E-state index in [4.69, 9.17) is 16.6 Å². The summed E-state index contributed by atoms with van der Waals surface area (Å²) in [5.74, 6) is -2.68. The second-order valence-corrected chi connectivity index (χ2v) is 4.27. The first kappa shape index (κ1) is 15.6. The molecule has 0 aromatic heterocycles. The van der Waals surface area contributed by atoms with Gasteiger partial charge in [-0.3, -0.25) is 9.59 Å². The van der Waals surface area contributed by atoms with E-state index in [1.807, 2.05) is 0 Å². The molecular formula is C13H17N3O4. The van der Waals surface area contributed by atoms with Gasteiger partial charge < -0.3 is 21.9 Å². The predicted molar refractivity (Wildman–Crippen MR) is 71.9 cm³/mol. The molecule has 108 valence electrons. The fraction of sp³-hybridized carbons (Fsp3) is 0.308. The number of hydrogen-bond donors (Lipinski definition) is 4. The van der Waals surface area contributed by atoms with Crippen molar-refractivity contribution in [3.05, 3.63) is 35.4 Å². The molecule has 0 radical (unpaired) electrons. The van der Waals surface area contributed by atoms with Gasteiger partial charge in [0.25, 0.3) is 5.91 Å². The van der Waals surface area contributed by atoms with E-state index >= 15 is 0 Å². The Morgan fingerprint density at radius 1 is 1.20 bits per heavy atom. The third kappa shape index (κ3) is 4.69. The summed E-state index contributed by atoms with van der Waals surface area (Å²) in [6.07, 6.45) is 0.244. The molecule has 0 saturated heterocycles. The fourth-order valence-corrected chi connectivity index (χ4v) is 1.63. The molecule has 20 heavy (non-hydrogen) atoms. The standard InChI is InChI=1S/C13H17N3O4/c14-6-5-8-1-3-9(4-2-8)12(18)16-10(13(19)20)7-11(15)17/h1-4,10H,5-7,14H2,(H2,15,17)(H,16,18)(H,19,20). The Morgan fingerprint density at radius 2 is 1.80 bits per heavy atom. The van der Waals surface area contributed by atoms with E-state index in [9.17, 15) is 14.4 Å². The van der Waals surface area contributed by atoms with Crippen LogP contribution in [-0.4, -0.2) is 35.5 Å². The Labute approximate surface area is 115 Å². The molecule has 0 heterocycles. The summed E-state index contributed by atoms with van der Waals surface area (Å²) in [7, 11) is 0. The van der Waals surface area contributed by atoms with Crippen LogP contribution in [0.3, 0.4) is 0 Å². The molecule has 7 heteroatoms. The zero-order valence-corrected chi connectivity index (χ0v) is 10.8. The maximum atomic E-state index is 11.9. The van der Waals surface area contributed by atoms with Crippen molar-refractivity contribution in [2.75, 3.05) is 6.54 Å². The molecule has 2 amide bonds. The number of carbonyl (C=O) groups excluding carboxylic acids is 2. The van der Waals surface area contributed by atoms with Gasteiger partial charge in [-0.15, -0.1) is 0 Å². The topological polar surface area (TPSA) is 136 Å². The number of aliphatic carboxylic acids is 1. The molecule has 6 N–H and O–H groups in total. The summed E-state index contributed by atoms with van der Waals surface area (Å²) in [6.45, 7) is 0.505. The molecule has 1 rings (SSSR count). The van der Waals surface area contributed by atoms with E-state index < -0.39 is 30.2 Å². The second kappa shape index (κ2) is 7.25. The normalized spacial score (nSPS) is 11.7. The summed E-state index contributed by atoms with van der Waals surface area (Å²) in [6, 6.07) is 5.30. The van der Waals surface area contributed by atoms with Gasteiger partial charge in [-0.05, 0) is 30.7 Å². The lowest BCUT2D eigenvalue weighted by Crippen LogP contribution is -2.43. The van der Waals surface area contributed by atoms with Crippen molar-refractivity contribution in [3.8, 4) is 0 Å². The smallest absolute Gasteiger partial charge is 0.326 e. The predicted octanol–water partition coefficient (Wildman–Crippen LogP) is -0.754. The van der Waals surface area contributed by atoms with Crippen LogP contribution in [0.15, 0.2) is 24.3 Å². The number of rotatable bonds is 7. The summed E-state index contributed by atoms with van der Waals surface area (Å²) in [4.78, 5) is 33.5. The Kier molecular flexibility index (Phi) is 5.67. The minimum Gasteiger partial charge on any atom is -0.480 e. The highest BCUT2D eigenvalue weighted by Gasteiger charge is 2.22. The van der Waals surface area contributed by atoms with E-state index in [1.165, 1.54) is 0 Å². The summed E-state index contributed by atoms with van der Waals surface area (Å²) < 4.78 is 0. The highest BCUT2D eigenvalue weighted by atomic mass is 16.4. The van der Waals surface area contributed by atoms with Gasteiger partial charge in [0.1, 0.15) is 6.04 Å². The zero-order valence-electron chi connectivity index (χ0n) is 10.8. The SMILES string of the molecule is NCCc1ccc(C(=O)NC(CC(N)=O)C(=O)O)cc1. The van der Waals surface area contributed by atoms with Crippen molar-refractivity contribution < 1.29 is 19.5 Å². The molecule has 0 fully saturated rings. The lowest BCUT2D eigenvalue weighted by atomic mass is 10.1. The number of carboxylic acids is 1. The monoisotopic (exact) mass is 279 g/mol. The average molecular weight is 279 g/mol. The first-order valence-corrected chi connectivity index (χ1v) is 6.05. The number of nitrogens with two attached hydrogens (primary N) is 2. The average Bonchev–Trinajstić information content (AvgIpc) is 2.38. The molecule has 0 spiro atoms. The van der Waals surface area contributed by atoms with E-state index in [2.05, 4.69) is 5.32 Å². The van der Waals surface area contributed by atoms with Gasteiger partial charge in [-0.25, -0.2) is 4.79 Å². The molecule has 0 aliphatic carbocycles. The number of carbonyl (C=O) groups is 3. The van der Waals surface area contributed by atoms with E-state index in [0.717, 1.165) is 5.56 Å². The summed E-state index contributed by atoms with van der Waals surface area (Å²) in [5, 5.41) is 11.1. The number of benzene rings is 1. The number of hydrogen-bond acceptors (Lipinski definition) is 4. The number of primary amides is 1. The Bertz CT molecular complexity index is 499. The van der Waals surface area contributed by atoms with Crippen LogP contribution in [0.2, 0.25) is 0 Å². The summed E-state index contributed by atoms with van der Waals surface area (Å²) >= 11 is 0. The number of nitrogens with one attached hydrogen (secondary N) is 1. The lowest BCUT2D eigenvalue weighted by Gasteiger charge is -2.13. The maximum Gasteiger partial charge on any atom is 0.326 e. The first-order valence-electron chi connectivity index (χ1n) is 6.05. The largest absolute Gasteiger partial charge is 0.480 e. The molecule has 7 nitrogen and oxygen atoms in total. The van der Waals surface area contributed by atoms with Crippen LogP contribution in [0, 0.1) is 0 Å². The highest BCUT2D eigenvalue weighted by molar-refractivity contribution is 5.97. The van der Waals surface area contributed by atoms with Gasteiger partial charge in [-0.1, -0.05) is 12.1 Å². The van der Waals surface area contributed by atoms with Crippen molar-refractivity contribution in [2.45, 2.75) is 18.9 Å². The van der Waals surface area contributed by atoms with Gasteiger partial charge in [0.2, 0.25) is 5.91 Å². The zero-order chi connectivity index (χ0) is 15.1. The van der Waals surface area contributed by atoms with Crippen LogP contribution < -0.4 is 16.8 Å². The molecule has 0 saturated carbocycles. The van der Waals surface area contributed by atoms with Gasteiger partial charge in [0.15, 0.2) is 0 Å². The van der Waals surface area contributed by atoms with Crippen LogP contribution in [0.25, 0.3) is 0 Å². The number of amides is 2. The van der Waals surface area contributed by atoms with E-state index in [1.54, 1.807) is 24.3 Å². The van der Waals surface area contributed by atoms with Gasteiger partial charge in [0, 0.05) is 5.56 Å². The van der Waals surface area contributed by atoms with E-state index in [-0.39, 0.29) is 0 Å². The van der Waals surface area contributed by atoms with Crippen LogP contribution in [0.5, 0.6) is 0 Å². The lowest BCUT2D eigenvalue weighted by molar-refractivity contribution is -0.140. The van der Waals surface area contributed by atoms with Crippen LogP contribution >= 0.6 is 0 Å². The van der Waals surface area contributed by atoms with Gasteiger partial charge in [0.05, 0.1) is 6.42 Å². The molecule has 1 aromatic rings. The minimum absolute atomic E-state index is 0.307. The Morgan fingerprint density at radius 3 is 2.25 bits per heavy atom. The molecule has 1 aromatic carbocycles. The Balaban J connectivity index is 2.73. The second-order valence-electron chi connectivity index (χ2n) is 4.27. The minimum atomic E-state index is -1.33. The van der Waals surface area contributed by atoms with Gasteiger partial charge in [-0.2, -0.15) is 0 Å². The van der Waals surface area contributed by atoms with Crippen molar-refractivity contribution >= 4 is 17.8 Å². The van der Waals surface area contributed by atoms with Crippen molar-refractivity contribution in [1.82, 2.24) is 5.32 Å². The third-order valence-electron chi connectivity index (χ3n) is 2.66. The first-order chi connectivity index (χ1) is 9.43. The van der Waals surface area contributed by atoms with Crippen LogP contribution in [0.1, 0.15) is 22.3 Å². The van der Waals surface area contributed by atoms with E-state index in [0.29, 0.717) is 18.5 Å². The molecule has 1 atom stereocenters. The quantitative estimate of drug-likeness (QED) is 0.520. The molecular weight excluding hydrogens is 262 g/mol. The van der Waals surface area contributed by atoms with Crippen molar-refractivity contribution in [3.63, 3.8) is 0 Å². The molecule has 0 aliphatic rings. The molecule has 0 bridgehead atoms. The van der Waals surface area contributed by atoms with Crippen LogP contribution in [-0.2, 0) is 16.0 Å². The Hall–Kier alpha value is -2.41. The van der Waals surface area contributed by atoms with Crippen molar-refractivity contribution in [2.24, 2.45) is 11.5 Å². The van der Waals surface area contributed by atoms with Crippen LogP contribution in [0.4, 0.5) is 0 Å². The maximum absolute atomic E-state index is 11.9. The summed E-state index contributed by atoms with van der Waals surface area (Å²) in [5.41, 5.74) is 11.6. The molecule has 0 aliphatic heterocycles. The fourth-order valence-electron chi connectivity index (χ4n) is 1.63. The van der Waals surface area contributed by atoms with Crippen molar-refractivity contribution in [1.29, 1.82) is 0 Å². The third-order valence-corrected chi connectivity index (χ3v) is 2.66. The number of carboxylic acid groups (broad SMARTS) is 1. The highest BCUT2D eigenvalue weighted by Crippen LogP contribution is 2.06. The van der Waals surface area contributed by atoms with Gasteiger partial charge >= 0.3 is 5.97 Å². The molecule has 1 unspecified atom stereocenters.